The van der Waals surface area contributed by atoms with E-state index in [4.69, 9.17) is 0 Å². The normalized spacial score (nSPS) is 19.6. The van der Waals surface area contributed by atoms with Gasteiger partial charge < -0.3 is 15.2 Å². The Morgan fingerprint density at radius 3 is 2.43 bits per heavy atom. The van der Waals surface area contributed by atoms with E-state index in [1.807, 2.05) is 0 Å². The molecule has 0 bridgehead atoms. The number of carbonyl (C=O) groups is 2. The smallest absolute Gasteiger partial charge is 0.239 e. The summed E-state index contributed by atoms with van der Waals surface area (Å²) in [5.74, 6) is -1.58. The number of aliphatic carboxylic acids is 1. The number of unbranched alkanes of at least 4 members (excludes halogenated alkanes) is 2. The second kappa shape index (κ2) is 9.55. The fourth-order valence-electron chi connectivity index (χ4n) is 1.84. The van der Waals surface area contributed by atoms with Crippen molar-refractivity contribution in [3.8, 4) is 0 Å². The zero-order chi connectivity index (χ0) is 15.7. The van der Waals surface area contributed by atoms with Gasteiger partial charge in [0.15, 0.2) is 5.17 Å². The number of carboxylic acids is 1. The van der Waals surface area contributed by atoms with Crippen molar-refractivity contribution in [3.63, 3.8) is 0 Å². The summed E-state index contributed by atoms with van der Waals surface area (Å²) in [6.45, 7) is 4.25. The second-order valence-corrected chi connectivity index (χ2v) is 6.14. The molecule has 0 saturated carbocycles. The molecule has 21 heavy (non-hydrogen) atoms. The number of amides is 1. The van der Waals surface area contributed by atoms with Crippen molar-refractivity contribution in [1.82, 2.24) is 5.32 Å². The molecule has 7 heteroatoms. The van der Waals surface area contributed by atoms with E-state index in [2.05, 4.69) is 29.4 Å². The zero-order valence-electron chi connectivity index (χ0n) is 12.6. The molecular formula is C14H22N3O3S-. The molecule has 1 saturated heterocycles. The molecular weight excluding hydrogens is 290 g/mol. The molecule has 0 aliphatic carbocycles. The predicted octanol–water partition coefficient (Wildman–Crippen LogP) is 1.45. The van der Waals surface area contributed by atoms with Crippen molar-refractivity contribution in [2.45, 2.75) is 64.0 Å². The molecule has 118 valence electrons. The summed E-state index contributed by atoms with van der Waals surface area (Å²) in [5.41, 5.74) is 1.03. The first-order valence-electron chi connectivity index (χ1n) is 7.37. The fraction of sp³-hybridized carbons (Fsp3) is 0.714. The lowest BCUT2D eigenvalue weighted by Gasteiger charge is -2.04. The van der Waals surface area contributed by atoms with Gasteiger partial charge in [-0.1, -0.05) is 38.5 Å². The summed E-state index contributed by atoms with van der Waals surface area (Å²) >= 11 is 1.10. The molecule has 0 radical (unpaired) electrons. The highest BCUT2D eigenvalue weighted by molar-refractivity contribution is 8.15. The number of rotatable bonds is 9. The van der Waals surface area contributed by atoms with Gasteiger partial charge in [-0.3, -0.25) is 4.79 Å². The van der Waals surface area contributed by atoms with Crippen LogP contribution in [0.2, 0.25) is 0 Å². The van der Waals surface area contributed by atoms with E-state index in [1.165, 1.54) is 0 Å². The quantitative estimate of drug-likeness (QED) is 0.515. The Bertz CT molecular complexity index is 425. The van der Waals surface area contributed by atoms with Crippen LogP contribution in [0, 0.1) is 0 Å². The van der Waals surface area contributed by atoms with Crippen LogP contribution in [-0.4, -0.2) is 28.0 Å². The average Bonchev–Trinajstić information content (AvgIpc) is 2.77. The van der Waals surface area contributed by atoms with Gasteiger partial charge in [0.1, 0.15) is 0 Å². The highest BCUT2D eigenvalue weighted by Crippen LogP contribution is 2.22. The van der Waals surface area contributed by atoms with Crippen LogP contribution in [0.5, 0.6) is 0 Å². The maximum absolute atomic E-state index is 11.6. The lowest BCUT2D eigenvalue weighted by atomic mass is 10.1. The average molecular weight is 312 g/mol. The fourth-order valence-corrected chi connectivity index (χ4v) is 2.74. The van der Waals surface area contributed by atoms with E-state index in [9.17, 15) is 14.7 Å². The lowest BCUT2D eigenvalue weighted by Crippen LogP contribution is -2.31. The predicted molar refractivity (Wildman–Crippen MR) is 83.1 cm³/mol. The van der Waals surface area contributed by atoms with Gasteiger partial charge in [0.2, 0.25) is 5.91 Å². The van der Waals surface area contributed by atoms with E-state index < -0.39 is 11.2 Å². The molecule has 6 nitrogen and oxygen atoms in total. The maximum Gasteiger partial charge on any atom is 0.239 e. The Morgan fingerprint density at radius 2 is 1.90 bits per heavy atom. The number of nitrogens with one attached hydrogen (secondary N) is 1. The molecule has 0 unspecified atom stereocenters. The first-order chi connectivity index (χ1) is 10.1. The molecule has 1 aliphatic rings. The first kappa shape index (κ1) is 17.7. The van der Waals surface area contributed by atoms with Crippen molar-refractivity contribution >= 4 is 34.5 Å². The van der Waals surface area contributed by atoms with Gasteiger partial charge in [-0.2, -0.15) is 5.10 Å². The topological polar surface area (TPSA) is 94.0 Å². The van der Waals surface area contributed by atoms with Crippen LogP contribution < -0.4 is 10.4 Å². The van der Waals surface area contributed by atoms with E-state index in [-0.39, 0.29) is 12.3 Å². The Kier molecular flexibility index (Phi) is 8.04. The minimum absolute atomic E-state index is 0.308. The van der Waals surface area contributed by atoms with Crippen molar-refractivity contribution in [2.24, 2.45) is 10.2 Å². The molecule has 1 amide bonds. The van der Waals surface area contributed by atoms with Crippen LogP contribution in [0.1, 0.15) is 58.8 Å². The van der Waals surface area contributed by atoms with Crippen LogP contribution in [0.3, 0.4) is 0 Å². The van der Waals surface area contributed by atoms with Gasteiger partial charge in [-0.05, 0) is 25.7 Å². The van der Waals surface area contributed by atoms with Crippen molar-refractivity contribution in [2.75, 3.05) is 0 Å². The third-order valence-corrected chi connectivity index (χ3v) is 4.12. The Morgan fingerprint density at radius 1 is 1.29 bits per heavy atom. The highest BCUT2D eigenvalue weighted by Gasteiger charge is 2.30. The van der Waals surface area contributed by atoms with Crippen LogP contribution in [0.15, 0.2) is 10.2 Å². The van der Waals surface area contributed by atoms with Crippen LogP contribution in [-0.2, 0) is 9.59 Å². The molecule has 0 aromatic heterocycles. The Balaban J connectivity index is 2.64. The number of hydrogen-bond acceptors (Lipinski definition) is 6. The van der Waals surface area contributed by atoms with E-state index in [0.717, 1.165) is 56.0 Å². The van der Waals surface area contributed by atoms with Gasteiger partial charge in [0, 0.05) is 18.1 Å². The molecule has 1 aliphatic heterocycles. The van der Waals surface area contributed by atoms with E-state index in [1.54, 1.807) is 0 Å². The summed E-state index contributed by atoms with van der Waals surface area (Å²) < 4.78 is 0. The van der Waals surface area contributed by atoms with Crippen LogP contribution >= 0.6 is 11.8 Å². The standard InChI is InChI=1S/C14H23N3O3S/c1-3-5-7-10(8-6-4-2)16-17-14-15-13(20)11(21-14)9-12(18)19/h11H,3-9H2,1-2H3,(H,18,19)(H,15,17,20)/p-1/t11-/m1/s1. The number of hydrogen-bond donors (Lipinski definition) is 1. The number of amidine groups is 1. The lowest BCUT2D eigenvalue weighted by molar-refractivity contribution is -0.305. The number of carbonyl (C=O) groups excluding carboxylic acids is 2. The molecule has 0 aromatic carbocycles. The number of thioether (sulfide) groups is 1. The minimum atomic E-state index is -1.24. The largest absolute Gasteiger partial charge is 0.550 e. The van der Waals surface area contributed by atoms with Gasteiger partial charge in [0.05, 0.1) is 5.25 Å². The Labute approximate surface area is 129 Å². The first-order valence-corrected chi connectivity index (χ1v) is 8.25. The van der Waals surface area contributed by atoms with Crippen LogP contribution in [0.25, 0.3) is 0 Å². The molecule has 1 N–H and O–H groups in total. The monoisotopic (exact) mass is 312 g/mol. The maximum atomic E-state index is 11.6. The zero-order valence-corrected chi connectivity index (χ0v) is 13.4. The molecule has 1 rings (SSSR count). The van der Waals surface area contributed by atoms with E-state index >= 15 is 0 Å². The number of nitrogens with zero attached hydrogens (tertiary/aromatic N) is 2. The van der Waals surface area contributed by atoms with Gasteiger partial charge in [-0.15, -0.1) is 5.10 Å². The molecule has 0 aromatic rings. The van der Waals surface area contributed by atoms with Gasteiger partial charge in [-0.25, -0.2) is 0 Å². The summed E-state index contributed by atoms with van der Waals surface area (Å²) in [7, 11) is 0. The molecule has 0 spiro atoms. The van der Waals surface area contributed by atoms with Crippen LogP contribution in [0.4, 0.5) is 0 Å². The number of carboxylic acid groups (broad SMARTS) is 1. The summed E-state index contributed by atoms with van der Waals surface area (Å²) in [6.07, 6.45) is 5.85. The SMILES string of the molecule is CCCCC(CCCC)=N/N=C1/NC(=O)[C@@H](CC(=O)[O-])S1. The highest BCUT2D eigenvalue weighted by atomic mass is 32.2. The third kappa shape index (κ3) is 6.75. The minimum Gasteiger partial charge on any atom is -0.550 e. The summed E-state index contributed by atoms with van der Waals surface area (Å²) in [6, 6.07) is 0. The summed E-state index contributed by atoms with van der Waals surface area (Å²) in [4.78, 5) is 22.1. The van der Waals surface area contributed by atoms with Gasteiger partial charge >= 0.3 is 0 Å². The van der Waals surface area contributed by atoms with Crippen molar-refractivity contribution in [1.29, 1.82) is 0 Å². The van der Waals surface area contributed by atoms with E-state index in [0.29, 0.717) is 5.17 Å². The van der Waals surface area contributed by atoms with Crippen molar-refractivity contribution in [3.05, 3.63) is 0 Å². The second-order valence-electron chi connectivity index (χ2n) is 4.95. The van der Waals surface area contributed by atoms with Crippen molar-refractivity contribution < 1.29 is 14.7 Å². The molecule has 1 fully saturated rings. The molecule has 1 heterocycles. The Hall–Kier alpha value is -1.37. The third-order valence-electron chi connectivity index (χ3n) is 3.05. The summed E-state index contributed by atoms with van der Waals surface area (Å²) in [5, 5.41) is 21.1. The van der Waals surface area contributed by atoms with Gasteiger partial charge in [0.25, 0.3) is 0 Å². The molecule has 1 atom stereocenters.